The van der Waals surface area contributed by atoms with Gasteiger partial charge in [0.1, 0.15) is 5.82 Å². The Hall–Kier alpha value is -2.17. The number of hydrogen-bond acceptors (Lipinski definition) is 3. The maximum atomic E-state index is 13.6. The molecular formula is C17H20FN3O. The smallest absolute Gasteiger partial charge is 0.222 e. The highest BCUT2D eigenvalue weighted by Crippen LogP contribution is 2.26. The fourth-order valence-corrected chi connectivity index (χ4v) is 2.96. The molecule has 0 N–H and O–H groups in total. The number of hydrogen-bond donors (Lipinski definition) is 0. The van der Waals surface area contributed by atoms with E-state index in [1.807, 2.05) is 24.9 Å². The third-order valence-electron chi connectivity index (χ3n) is 4.16. The largest absolute Gasteiger partial charge is 0.372 e. The summed E-state index contributed by atoms with van der Waals surface area (Å²) in [5.41, 5.74) is 2.65. The maximum Gasteiger partial charge on any atom is 0.222 e. The Kier molecular flexibility index (Phi) is 3.96. The molecule has 4 nitrogen and oxygen atoms in total. The number of amides is 1. The summed E-state index contributed by atoms with van der Waals surface area (Å²) in [6, 6.07) is 6.63. The summed E-state index contributed by atoms with van der Waals surface area (Å²) in [7, 11) is 1.97. The van der Waals surface area contributed by atoms with Crippen LogP contribution in [0.1, 0.15) is 18.5 Å². The molecule has 5 heteroatoms. The number of pyridine rings is 1. The number of nitrogens with zero attached hydrogens (tertiary/aromatic N) is 3. The standard InChI is InChI=1S/C17H20FN3O/c1-12-10-16(14-11-13(18)5-6-15(14)19-12)20(2)8-9-21-7-3-4-17(21)22/h5-6,10-11H,3-4,7-9H2,1-2H3. The van der Waals surface area contributed by atoms with Crippen LogP contribution in [0.3, 0.4) is 0 Å². The fraction of sp³-hybridized carbons (Fsp3) is 0.412. The van der Waals surface area contributed by atoms with Crippen LogP contribution in [0.2, 0.25) is 0 Å². The van der Waals surface area contributed by atoms with Crippen molar-refractivity contribution in [2.24, 2.45) is 0 Å². The van der Waals surface area contributed by atoms with Crippen LogP contribution in [0.5, 0.6) is 0 Å². The van der Waals surface area contributed by atoms with Crippen molar-refractivity contribution in [3.05, 3.63) is 35.8 Å². The van der Waals surface area contributed by atoms with Gasteiger partial charge in [-0.15, -0.1) is 0 Å². The molecular weight excluding hydrogens is 281 g/mol. The molecule has 2 aromatic rings. The Balaban J connectivity index is 1.84. The maximum absolute atomic E-state index is 13.6. The zero-order valence-corrected chi connectivity index (χ0v) is 13.0. The average molecular weight is 301 g/mol. The van der Waals surface area contributed by atoms with Crippen LogP contribution in [0, 0.1) is 12.7 Å². The molecule has 116 valence electrons. The monoisotopic (exact) mass is 301 g/mol. The van der Waals surface area contributed by atoms with E-state index in [2.05, 4.69) is 9.88 Å². The first-order chi connectivity index (χ1) is 10.5. The summed E-state index contributed by atoms with van der Waals surface area (Å²) in [4.78, 5) is 20.1. The summed E-state index contributed by atoms with van der Waals surface area (Å²) >= 11 is 0. The lowest BCUT2D eigenvalue weighted by Crippen LogP contribution is -2.34. The molecule has 0 unspecified atom stereocenters. The van der Waals surface area contributed by atoms with Gasteiger partial charge in [-0.2, -0.15) is 0 Å². The van der Waals surface area contributed by atoms with Crippen molar-refractivity contribution in [3.8, 4) is 0 Å². The highest BCUT2D eigenvalue weighted by atomic mass is 19.1. The van der Waals surface area contributed by atoms with E-state index in [0.717, 1.165) is 41.8 Å². The number of halogens is 1. The first kappa shape index (κ1) is 14.8. The molecule has 1 aliphatic rings. The normalized spacial score (nSPS) is 14.9. The number of carbonyl (C=O) groups is 1. The molecule has 1 aromatic heterocycles. The van der Waals surface area contributed by atoms with Crippen LogP contribution in [-0.2, 0) is 4.79 Å². The molecule has 1 aromatic carbocycles. The van der Waals surface area contributed by atoms with E-state index < -0.39 is 0 Å². The predicted molar refractivity (Wildman–Crippen MR) is 85.5 cm³/mol. The van der Waals surface area contributed by atoms with E-state index in [1.54, 1.807) is 6.07 Å². The predicted octanol–water partition coefficient (Wildman–Crippen LogP) is 2.74. The highest BCUT2D eigenvalue weighted by Gasteiger charge is 2.20. The van der Waals surface area contributed by atoms with E-state index in [4.69, 9.17) is 0 Å². The van der Waals surface area contributed by atoms with E-state index >= 15 is 0 Å². The van der Waals surface area contributed by atoms with Gasteiger partial charge in [0.25, 0.3) is 0 Å². The SMILES string of the molecule is Cc1cc(N(C)CCN2CCCC2=O)c2cc(F)ccc2n1. The Labute approximate surface area is 129 Å². The number of aryl methyl sites for hydroxylation is 1. The molecule has 0 bridgehead atoms. The van der Waals surface area contributed by atoms with Crippen LogP contribution in [0.15, 0.2) is 24.3 Å². The lowest BCUT2D eigenvalue weighted by molar-refractivity contribution is -0.127. The second kappa shape index (κ2) is 5.91. The molecule has 1 aliphatic heterocycles. The highest BCUT2D eigenvalue weighted by molar-refractivity contribution is 5.92. The molecule has 0 saturated carbocycles. The molecule has 3 rings (SSSR count). The summed E-state index contributed by atoms with van der Waals surface area (Å²) in [6.07, 6.45) is 1.61. The summed E-state index contributed by atoms with van der Waals surface area (Å²) in [5.74, 6) is -0.0299. The second-order valence-electron chi connectivity index (χ2n) is 5.85. The quantitative estimate of drug-likeness (QED) is 0.871. The molecule has 0 spiro atoms. The van der Waals surface area contributed by atoms with Crippen molar-refractivity contribution in [1.82, 2.24) is 9.88 Å². The van der Waals surface area contributed by atoms with Crippen molar-refractivity contribution < 1.29 is 9.18 Å². The van der Waals surface area contributed by atoms with E-state index in [1.165, 1.54) is 12.1 Å². The van der Waals surface area contributed by atoms with Gasteiger partial charge < -0.3 is 9.80 Å². The number of anilines is 1. The minimum absolute atomic E-state index is 0.232. The Morgan fingerprint density at radius 1 is 1.36 bits per heavy atom. The zero-order chi connectivity index (χ0) is 15.7. The van der Waals surface area contributed by atoms with E-state index in [0.29, 0.717) is 13.0 Å². The molecule has 1 fully saturated rings. The lowest BCUT2D eigenvalue weighted by Gasteiger charge is -2.24. The number of benzene rings is 1. The number of aromatic nitrogens is 1. The van der Waals surface area contributed by atoms with Gasteiger partial charge >= 0.3 is 0 Å². The molecule has 1 saturated heterocycles. The van der Waals surface area contributed by atoms with Crippen molar-refractivity contribution in [1.29, 1.82) is 0 Å². The third kappa shape index (κ3) is 2.89. The van der Waals surface area contributed by atoms with Gasteiger partial charge in [0.05, 0.1) is 5.52 Å². The van der Waals surface area contributed by atoms with Gasteiger partial charge in [0.2, 0.25) is 5.91 Å². The Morgan fingerprint density at radius 2 is 2.18 bits per heavy atom. The zero-order valence-electron chi connectivity index (χ0n) is 13.0. The molecule has 2 heterocycles. The number of carbonyl (C=O) groups excluding carboxylic acids is 1. The first-order valence-electron chi connectivity index (χ1n) is 7.60. The van der Waals surface area contributed by atoms with Crippen LogP contribution in [-0.4, -0.2) is 42.5 Å². The van der Waals surface area contributed by atoms with Gasteiger partial charge in [0.15, 0.2) is 0 Å². The Bertz CT molecular complexity index is 716. The summed E-state index contributed by atoms with van der Waals surface area (Å²) < 4.78 is 13.6. The molecule has 0 atom stereocenters. The minimum atomic E-state index is -0.262. The van der Waals surface area contributed by atoms with Crippen molar-refractivity contribution in [2.75, 3.05) is 31.6 Å². The fourth-order valence-electron chi connectivity index (χ4n) is 2.96. The Morgan fingerprint density at radius 3 is 2.91 bits per heavy atom. The minimum Gasteiger partial charge on any atom is -0.372 e. The topological polar surface area (TPSA) is 36.4 Å². The van der Waals surface area contributed by atoms with Gasteiger partial charge in [0, 0.05) is 49.9 Å². The third-order valence-corrected chi connectivity index (χ3v) is 4.16. The van der Waals surface area contributed by atoms with Crippen molar-refractivity contribution >= 4 is 22.5 Å². The van der Waals surface area contributed by atoms with Gasteiger partial charge in [-0.1, -0.05) is 0 Å². The van der Waals surface area contributed by atoms with Crippen LogP contribution in [0.4, 0.5) is 10.1 Å². The second-order valence-corrected chi connectivity index (χ2v) is 5.85. The number of likely N-dealkylation sites (N-methyl/N-ethyl adjacent to an activating group) is 1. The number of rotatable bonds is 4. The molecule has 22 heavy (non-hydrogen) atoms. The number of likely N-dealkylation sites (tertiary alicyclic amines) is 1. The van der Waals surface area contributed by atoms with E-state index in [9.17, 15) is 9.18 Å². The van der Waals surface area contributed by atoms with E-state index in [-0.39, 0.29) is 11.7 Å². The van der Waals surface area contributed by atoms with Gasteiger partial charge in [-0.3, -0.25) is 9.78 Å². The van der Waals surface area contributed by atoms with Gasteiger partial charge in [-0.25, -0.2) is 4.39 Å². The lowest BCUT2D eigenvalue weighted by atomic mass is 10.1. The summed E-state index contributed by atoms with van der Waals surface area (Å²) in [5, 5.41) is 0.806. The van der Waals surface area contributed by atoms with Crippen molar-refractivity contribution in [3.63, 3.8) is 0 Å². The van der Waals surface area contributed by atoms with Crippen molar-refractivity contribution in [2.45, 2.75) is 19.8 Å². The molecule has 0 aliphatic carbocycles. The number of fused-ring (bicyclic) bond motifs is 1. The van der Waals surface area contributed by atoms with Crippen LogP contribution >= 0.6 is 0 Å². The average Bonchev–Trinajstić information content (AvgIpc) is 2.89. The molecule has 0 radical (unpaired) electrons. The van der Waals surface area contributed by atoms with Crippen LogP contribution in [0.25, 0.3) is 10.9 Å². The van der Waals surface area contributed by atoms with Gasteiger partial charge in [-0.05, 0) is 37.6 Å². The summed E-state index contributed by atoms with van der Waals surface area (Å²) in [6.45, 7) is 4.20. The molecule has 1 amide bonds. The van der Waals surface area contributed by atoms with Crippen LogP contribution < -0.4 is 4.90 Å². The first-order valence-corrected chi connectivity index (χ1v) is 7.60.